The quantitative estimate of drug-likeness (QED) is 0.578. The summed E-state index contributed by atoms with van der Waals surface area (Å²) in [6, 6.07) is 11.7. The van der Waals surface area contributed by atoms with E-state index in [9.17, 15) is 5.26 Å². The molecule has 2 heterocycles. The zero-order valence-electron chi connectivity index (χ0n) is 18.2. The van der Waals surface area contributed by atoms with Crippen LogP contribution in [0.1, 0.15) is 39.4 Å². The van der Waals surface area contributed by atoms with Gasteiger partial charge in [-0.05, 0) is 61.7 Å². The Labute approximate surface area is 191 Å². The van der Waals surface area contributed by atoms with E-state index in [2.05, 4.69) is 16.3 Å². The van der Waals surface area contributed by atoms with Gasteiger partial charge in [0.2, 0.25) is 11.8 Å². The topological polar surface area (TPSA) is 106 Å². The molecule has 3 N–H and O–H groups in total. The molecule has 4 rings (SSSR count). The van der Waals surface area contributed by atoms with Crippen LogP contribution in [0.4, 0.5) is 0 Å². The van der Waals surface area contributed by atoms with E-state index in [1.54, 1.807) is 7.11 Å². The normalized spacial score (nSPS) is 15.1. The second kappa shape index (κ2) is 8.48. The van der Waals surface area contributed by atoms with Gasteiger partial charge in [0, 0.05) is 21.8 Å². The number of H-pyrrole nitrogens is 1. The smallest absolute Gasteiger partial charge is 0.244 e. The summed E-state index contributed by atoms with van der Waals surface area (Å²) in [6.07, 6.45) is 0. The highest BCUT2D eigenvalue weighted by molar-refractivity contribution is 6.32. The number of nitrogens with zero attached hydrogens (tertiary/aromatic N) is 2. The van der Waals surface area contributed by atoms with Gasteiger partial charge in [-0.25, -0.2) is 0 Å². The standard InChI is InChI=1S/C24H23ClN4O3/c1-12-7-17(8-13(2)22(12)25)31-11-16-9-15(5-6-19(16)30-4)21-18(10-26)23(27)32-24-20(21)14(3)28-29-24/h5-9,21H,11,27H2,1-4H3,(H,28,29). The maximum absolute atomic E-state index is 9.78. The van der Waals surface area contributed by atoms with Crippen molar-refractivity contribution in [3.05, 3.63) is 80.3 Å². The lowest BCUT2D eigenvalue weighted by Gasteiger charge is -2.24. The van der Waals surface area contributed by atoms with Crippen molar-refractivity contribution in [1.82, 2.24) is 10.2 Å². The molecule has 1 unspecified atom stereocenters. The molecule has 3 aromatic rings. The minimum Gasteiger partial charge on any atom is -0.496 e. The zero-order chi connectivity index (χ0) is 23.0. The molecule has 8 heteroatoms. The third kappa shape index (κ3) is 3.74. The van der Waals surface area contributed by atoms with Gasteiger partial charge < -0.3 is 19.9 Å². The van der Waals surface area contributed by atoms with Crippen LogP contribution in [0.3, 0.4) is 0 Å². The number of hydrogen-bond acceptors (Lipinski definition) is 6. The summed E-state index contributed by atoms with van der Waals surface area (Å²) in [4.78, 5) is 0. The molecule has 0 aliphatic carbocycles. The van der Waals surface area contributed by atoms with E-state index in [0.29, 0.717) is 17.2 Å². The molecule has 1 aromatic heterocycles. The number of ether oxygens (including phenoxy) is 3. The number of benzene rings is 2. The Balaban J connectivity index is 1.72. The Kier molecular flexibility index (Phi) is 5.72. The number of aryl methyl sites for hydroxylation is 3. The van der Waals surface area contributed by atoms with Crippen molar-refractivity contribution in [2.75, 3.05) is 7.11 Å². The van der Waals surface area contributed by atoms with Gasteiger partial charge in [-0.1, -0.05) is 17.7 Å². The Morgan fingerprint density at radius 1 is 1.22 bits per heavy atom. The molecular weight excluding hydrogens is 428 g/mol. The van der Waals surface area contributed by atoms with Crippen LogP contribution in [0.5, 0.6) is 17.4 Å². The molecule has 0 fully saturated rings. The van der Waals surface area contributed by atoms with Gasteiger partial charge >= 0.3 is 0 Å². The van der Waals surface area contributed by atoms with Crippen molar-refractivity contribution >= 4 is 11.6 Å². The number of fused-ring (bicyclic) bond motifs is 1. The van der Waals surface area contributed by atoms with E-state index in [-0.39, 0.29) is 12.5 Å². The maximum atomic E-state index is 9.78. The van der Waals surface area contributed by atoms with E-state index in [0.717, 1.165) is 44.3 Å². The molecule has 0 saturated heterocycles. The summed E-state index contributed by atoms with van der Waals surface area (Å²) in [5.41, 5.74) is 11.6. The number of rotatable bonds is 5. The van der Waals surface area contributed by atoms with Gasteiger partial charge in [0.25, 0.3) is 0 Å². The lowest BCUT2D eigenvalue weighted by Crippen LogP contribution is -2.21. The second-order valence-electron chi connectivity index (χ2n) is 7.72. The minimum atomic E-state index is -0.410. The summed E-state index contributed by atoms with van der Waals surface area (Å²) in [7, 11) is 1.61. The largest absolute Gasteiger partial charge is 0.496 e. The predicted octanol–water partition coefficient (Wildman–Crippen LogP) is 4.79. The summed E-state index contributed by atoms with van der Waals surface area (Å²) >= 11 is 6.27. The first-order valence-corrected chi connectivity index (χ1v) is 10.4. The number of aromatic amines is 1. The first kappa shape index (κ1) is 21.6. The molecule has 164 valence electrons. The molecule has 1 aliphatic rings. The van der Waals surface area contributed by atoms with Crippen LogP contribution in [0.2, 0.25) is 5.02 Å². The number of halogens is 1. The van der Waals surface area contributed by atoms with Crippen LogP contribution in [0.25, 0.3) is 0 Å². The van der Waals surface area contributed by atoms with Gasteiger partial charge in [0.15, 0.2) is 0 Å². The third-order valence-electron chi connectivity index (χ3n) is 5.57. The molecule has 2 aromatic carbocycles. The van der Waals surface area contributed by atoms with Gasteiger partial charge in [-0.3, -0.25) is 5.10 Å². The van der Waals surface area contributed by atoms with Crippen molar-refractivity contribution in [2.24, 2.45) is 5.73 Å². The number of nitriles is 1. The summed E-state index contributed by atoms with van der Waals surface area (Å²) in [5.74, 6) is 1.43. The second-order valence-corrected chi connectivity index (χ2v) is 8.10. The monoisotopic (exact) mass is 450 g/mol. The van der Waals surface area contributed by atoms with E-state index in [4.69, 9.17) is 31.5 Å². The Morgan fingerprint density at radius 2 is 1.94 bits per heavy atom. The molecule has 0 bridgehead atoms. The molecule has 32 heavy (non-hydrogen) atoms. The third-order valence-corrected chi connectivity index (χ3v) is 6.17. The van der Waals surface area contributed by atoms with Crippen LogP contribution in [0.15, 0.2) is 41.8 Å². The molecule has 1 aliphatic heterocycles. The molecule has 0 radical (unpaired) electrons. The zero-order valence-corrected chi connectivity index (χ0v) is 19.0. The van der Waals surface area contributed by atoms with Crippen LogP contribution >= 0.6 is 11.6 Å². The fourth-order valence-electron chi connectivity index (χ4n) is 3.97. The molecule has 7 nitrogen and oxygen atoms in total. The minimum absolute atomic E-state index is 0.0530. The fourth-order valence-corrected chi connectivity index (χ4v) is 4.08. The fraction of sp³-hybridized carbons (Fsp3) is 0.250. The van der Waals surface area contributed by atoms with Gasteiger partial charge in [0.05, 0.1) is 13.0 Å². The van der Waals surface area contributed by atoms with Gasteiger partial charge in [-0.2, -0.15) is 5.26 Å². The van der Waals surface area contributed by atoms with Crippen molar-refractivity contribution in [1.29, 1.82) is 5.26 Å². The summed E-state index contributed by atoms with van der Waals surface area (Å²) < 4.78 is 17.2. The van der Waals surface area contributed by atoms with Crippen molar-refractivity contribution in [2.45, 2.75) is 33.3 Å². The lowest BCUT2D eigenvalue weighted by atomic mass is 9.83. The van der Waals surface area contributed by atoms with Gasteiger partial charge in [-0.15, -0.1) is 5.10 Å². The molecule has 1 atom stereocenters. The van der Waals surface area contributed by atoms with E-state index < -0.39 is 5.92 Å². The van der Waals surface area contributed by atoms with Crippen LogP contribution in [-0.2, 0) is 6.61 Å². The average Bonchev–Trinajstić information content (AvgIpc) is 3.14. The van der Waals surface area contributed by atoms with Crippen LogP contribution in [0, 0.1) is 32.1 Å². The molecule has 0 amide bonds. The Morgan fingerprint density at radius 3 is 2.59 bits per heavy atom. The number of hydrogen-bond donors (Lipinski definition) is 2. The average molecular weight is 451 g/mol. The first-order valence-electron chi connectivity index (χ1n) is 10.0. The number of nitrogens with one attached hydrogen (secondary N) is 1. The van der Waals surface area contributed by atoms with Crippen molar-refractivity contribution in [3.8, 4) is 23.4 Å². The highest BCUT2D eigenvalue weighted by atomic mass is 35.5. The molecule has 0 saturated carbocycles. The summed E-state index contributed by atoms with van der Waals surface area (Å²) in [5, 5.41) is 17.6. The van der Waals surface area contributed by atoms with Crippen molar-refractivity contribution < 1.29 is 14.2 Å². The molecule has 0 spiro atoms. The lowest BCUT2D eigenvalue weighted by molar-refractivity contribution is 0.296. The Bertz CT molecular complexity index is 1250. The van der Waals surface area contributed by atoms with Crippen LogP contribution in [-0.4, -0.2) is 17.3 Å². The number of nitrogens with two attached hydrogens (primary N) is 1. The van der Waals surface area contributed by atoms with Crippen LogP contribution < -0.4 is 19.9 Å². The highest BCUT2D eigenvalue weighted by Gasteiger charge is 2.34. The van der Waals surface area contributed by atoms with E-state index in [1.165, 1.54) is 0 Å². The molecular formula is C24H23ClN4O3. The number of allylic oxidation sites excluding steroid dienone is 1. The Hall–Kier alpha value is -3.63. The SMILES string of the molecule is COc1ccc(C2C(C#N)=C(N)Oc3n[nH]c(C)c32)cc1COc1cc(C)c(Cl)c(C)c1. The predicted molar refractivity (Wildman–Crippen MR) is 121 cm³/mol. The summed E-state index contributed by atoms with van der Waals surface area (Å²) in [6.45, 7) is 6.05. The van der Waals surface area contributed by atoms with E-state index >= 15 is 0 Å². The number of methoxy groups -OCH3 is 1. The van der Waals surface area contributed by atoms with Gasteiger partial charge in [0.1, 0.15) is 29.7 Å². The maximum Gasteiger partial charge on any atom is 0.244 e. The number of aromatic nitrogens is 2. The van der Waals surface area contributed by atoms with E-state index in [1.807, 2.05) is 51.1 Å². The van der Waals surface area contributed by atoms with Crippen molar-refractivity contribution in [3.63, 3.8) is 0 Å². The highest BCUT2D eigenvalue weighted by Crippen LogP contribution is 2.43. The first-order chi connectivity index (χ1) is 15.3.